The second kappa shape index (κ2) is 7.48. The number of aryl methyl sites for hydroxylation is 2. The van der Waals surface area contributed by atoms with Crippen molar-refractivity contribution < 1.29 is 22.7 Å². The summed E-state index contributed by atoms with van der Waals surface area (Å²) in [6, 6.07) is 10.7. The zero-order valence-electron chi connectivity index (χ0n) is 15.5. The van der Waals surface area contributed by atoms with E-state index in [1.807, 2.05) is 26.0 Å². The molecular formula is C19H22N2O5S. The van der Waals surface area contributed by atoms with Gasteiger partial charge in [0, 0.05) is 6.54 Å². The van der Waals surface area contributed by atoms with Gasteiger partial charge in [-0.25, -0.2) is 8.42 Å². The van der Waals surface area contributed by atoms with Crippen LogP contribution in [0.4, 0.5) is 5.69 Å². The number of hydrogen-bond donors (Lipinski definition) is 1. The lowest BCUT2D eigenvalue weighted by Gasteiger charge is -2.22. The molecule has 0 aromatic heterocycles. The van der Waals surface area contributed by atoms with Gasteiger partial charge >= 0.3 is 0 Å². The van der Waals surface area contributed by atoms with Crippen LogP contribution in [0.1, 0.15) is 16.7 Å². The SMILES string of the molecule is Cc1ccc(N(CC(=O)NCc2ccc3c(c2)OCO3)S(C)(=O)=O)cc1C. The third-order valence-corrected chi connectivity index (χ3v) is 5.53. The van der Waals surface area contributed by atoms with E-state index in [2.05, 4.69) is 5.32 Å². The van der Waals surface area contributed by atoms with E-state index in [0.29, 0.717) is 17.2 Å². The monoisotopic (exact) mass is 390 g/mol. The second-order valence-corrected chi connectivity index (χ2v) is 8.41. The van der Waals surface area contributed by atoms with Crippen LogP contribution in [0.15, 0.2) is 36.4 Å². The van der Waals surface area contributed by atoms with Gasteiger partial charge in [0.25, 0.3) is 0 Å². The summed E-state index contributed by atoms with van der Waals surface area (Å²) in [5.74, 6) is 0.911. The van der Waals surface area contributed by atoms with Crippen LogP contribution in [0.3, 0.4) is 0 Å². The Labute approximate surface area is 158 Å². The van der Waals surface area contributed by atoms with Gasteiger partial charge in [0.2, 0.25) is 22.7 Å². The highest BCUT2D eigenvalue weighted by Gasteiger charge is 2.21. The van der Waals surface area contributed by atoms with E-state index in [4.69, 9.17) is 9.47 Å². The molecule has 0 bridgehead atoms. The predicted molar refractivity (Wildman–Crippen MR) is 103 cm³/mol. The maximum Gasteiger partial charge on any atom is 0.241 e. The van der Waals surface area contributed by atoms with E-state index in [1.165, 1.54) is 0 Å². The first-order valence-corrected chi connectivity index (χ1v) is 10.3. The maximum absolute atomic E-state index is 12.4. The molecule has 1 N–H and O–H groups in total. The van der Waals surface area contributed by atoms with E-state index < -0.39 is 15.9 Å². The van der Waals surface area contributed by atoms with E-state index >= 15 is 0 Å². The first-order valence-electron chi connectivity index (χ1n) is 8.44. The van der Waals surface area contributed by atoms with Gasteiger partial charge in [-0.05, 0) is 54.8 Å². The molecule has 0 atom stereocenters. The summed E-state index contributed by atoms with van der Waals surface area (Å²) in [6.07, 6.45) is 1.09. The molecule has 144 valence electrons. The van der Waals surface area contributed by atoms with Crippen molar-refractivity contribution >= 4 is 21.6 Å². The molecule has 1 heterocycles. The largest absolute Gasteiger partial charge is 0.454 e. The van der Waals surface area contributed by atoms with Crippen LogP contribution in [-0.2, 0) is 21.4 Å². The Morgan fingerprint density at radius 3 is 2.52 bits per heavy atom. The number of hydrogen-bond acceptors (Lipinski definition) is 5. The molecule has 7 nitrogen and oxygen atoms in total. The van der Waals surface area contributed by atoms with Gasteiger partial charge in [-0.2, -0.15) is 0 Å². The van der Waals surface area contributed by atoms with Crippen molar-refractivity contribution in [2.45, 2.75) is 20.4 Å². The van der Waals surface area contributed by atoms with Crippen LogP contribution in [0.25, 0.3) is 0 Å². The average Bonchev–Trinajstić information content (AvgIpc) is 3.07. The molecule has 1 aliphatic heterocycles. The molecule has 0 saturated carbocycles. The van der Waals surface area contributed by atoms with Crippen LogP contribution < -0.4 is 19.1 Å². The molecule has 2 aromatic rings. The quantitative estimate of drug-likeness (QED) is 0.817. The highest BCUT2D eigenvalue weighted by atomic mass is 32.2. The van der Waals surface area contributed by atoms with Crippen molar-refractivity contribution in [3.8, 4) is 11.5 Å². The van der Waals surface area contributed by atoms with Crippen molar-refractivity contribution in [2.24, 2.45) is 0 Å². The standard InChI is InChI=1S/C19H22N2O5S/c1-13-4-6-16(8-14(13)2)21(27(3,23)24)11-19(22)20-10-15-5-7-17-18(9-15)26-12-25-17/h4-9H,10-12H2,1-3H3,(H,20,22). The Morgan fingerprint density at radius 1 is 1.07 bits per heavy atom. The number of amides is 1. The minimum absolute atomic E-state index is 0.185. The fourth-order valence-corrected chi connectivity index (χ4v) is 3.57. The average molecular weight is 390 g/mol. The zero-order valence-corrected chi connectivity index (χ0v) is 16.3. The molecule has 0 spiro atoms. The first-order chi connectivity index (χ1) is 12.7. The van der Waals surface area contributed by atoms with Gasteiger partial charge in [-0.1, -0.05) is 12.1 Å². The van der Waals surface area contributed by atoms with Crippen LogP contribution in [0.2, 0.25) is 0 Å². The lowest BCUT2D eigenvalue weighted by Crippen LogP contribution is -2.40. The number of carbonyl (C=O) groups excluding carboxylic acids is 1. The third kappa shape index (κ3) is 4.51. The Balaban J connectivity index is 1.68. The molecular weight excluding hydrogens is 368 g/mol. The van der Waals surface area contributed by atoms with Crippen molar-refractivity contribution in [1.82, 2.24) is 5.32 Å². The molecule has 2 aromatic carbocycles. The van der Waals surface area contributed by atoms with Crippen LogP contribution in [-0.4, -0.2) is 33.9 Å². The van der Waals surface area contributed by atoms with Gasteiger partial charge in [-0.3, -0.25) is 9.10 Å². The van der Waals surface area contributed by atoms with E-state index in [-0.39, 0.29) is 19.9 Å². The van der Waals surface area contributed by atoms with Gasteiger partial charge < -0.3 is 14.8 Å². The summed E-state index contributed by atoms with van der Waals surface area (Å²) in [5, 5.41) is 2.75. The Kier molecular flexibility index (Phi) is 5.27. The molecule has 8 heteroatoms. The number of benzene rings is 2. The normalized spacial score (nSPS) is 12.7. The predicted octanol–water partition coefficient (Wildman–Crippen LogP) is 2.11. The number of anilines is 1. The smallest absolute Gasteiger partial charge is 0.241 e. The number of rotatable bonds is 6. The van der Waals surface area contributed by atoms with E-state index in [0.717, 1.165) is 27.3 Å². The fraction of sp³-hybridized carbons (Fsp3) is 0.316. The lowest BCUT2D eigenvalue weighted by molar-refractivity contribution is -0.119. The fourth-order valence-electron chi connectivity index (χ4n) is 2.72. The van der Waals surface area contributed by atoms with Gasteiger partial charge in [0.1, 0.15) is 6.54 Å². The summed E-state index contributed by atoms with van der Waals surface area (Å²) in [4.78, 5) is 12.4. The number of carbonyl (C=O) groups is 1. The molecule has 3 rings (SSSR count). The Morgan fingerprint density at radius 2 is 1.81 bits per heavy atom. The molecule has 0 aliphatic carbocycles. The molecule has 0 fully saturated rings. The van der Waals surface area contributed by atoms with Crippen LogP contribution in [0.5, 0.6) is 11.5 Å². The number of sulfonamides is 1. The molecule has 0 saturated heterocycles. The molecule has 27 heavy (non-hydrogen) atoms. The summed E-state index contributed by atoms with van der Waals surface area (Å²) >= 11 is 0. The third-order valence-electron chi connectivity index (χ3n) is 4.39. The molecule has 1 amide bonds. The van der Waals surface area contributed by atoms with Crippen molar-refractivity contribution in [1.29, 1.82) is 0 Å². The summed E-state index contributed by atoms with van der Waals surface area (Å²) in [6.45, 7) is 4.01. The van der Waals surface area contributed by atoms with Crippen LogP contribution in [0, 0.1) is 13.8 Å². The number of nitrogens with zero attached hydrogens (tertiary/aromatic N) is 1. The Bertz CT molecular complexity index is 972. The highest BCUT2D eigenvalue weighted by molar-refractivity contribution is 7.92. The second-order valence-electron chi connectivity index (χ2n) is 6.50. The number of nitrogens with one attached hydrogen (secondary N) is 1. The van der Waals surface area contributed by atoms with Crippen molar-refractivity contribution in [2.75, 3.05) is 23.9 Å². The number of fused-ring (bicyclic) bond motifs is 1. The first kappa shape index (κ1) is 19.0. The van der Waals surface area contributed by atoms with Gasteiger partial charge in [-0.15, -0.1) is 0 Å². The molecule has 1 aliphatic rings. The van der Waals surface area contributed by atoms with Gasteiger partial charge in [0.15, 0.2) is 11.5 Å². The van der Waals surface area contributed by atoms with Gasteiger partial charge in [0.05, 0.1) is 11.9 Å². The maximum atomic E-state index is 12.4. The van der Waals surface area contributed by atoms with E-state index in [1.54, 1.807) is 24.3 Å². The summed E-state index contributed by atoms with van der Waals surface area (Å²) in [5.41, 5.74) is 3.32. The molecule has 0 unspecified atom stereocenters. The van der Waals surface area contributed by atoms with E-state index in [9.17, 15) is 13.2 Å². The van der Waals surface area contributed by atoms with Crippen LogP contribution >= 0.6 is 0 Å². The van der Waals surface area contributed by atoms with Crippen molar-refractivity contribution in [3.63, 3.8) is 0 Å². The topological polar surface area (TPSA) is 84.9 Å². The zero-order chi connectivity index (χ0) is 19.6. The Hall–Kier alpha value is -2.74. The summed E-state index contributed by atoms with van der Waals surface area (Å²) < 4.78 is 36.0. The molecule has 0 radical (unpaired) electrons. The minimum atomic E-state index is -3.60. The lowest BCUT2D eigenvalue weighted by atomic mass is 10.1. The highest BCUT2D eigenvalue weighted by Crippen LogP contribution is 2.32. The number of ether oxygens (including phenoxy) is 2. The minimum Gasteiger partial charge on any atom is -0.454 e. The van der Waals surface area contributed by atoms with Crippen molar-refractivity contribution in [3.05, 3.63) is 53.1 Å². The summed E-state index contributed by atoms with van der Waals surface area (Å²) in [7, 11) is -3.60.